The molecular weight excluding hydrogens is 487 g/mol. The molecule has 1 amide bonds. The van der Waals surface area contributed by atoms with E-state index in [9.17, 15) is 4.79 Å². The molecule has 3 heterocycles. The van der Waals surface area contributed by atoms with Crippen LogP contribution in [0.15, 0.2) is 65.8 Å². The maximum Gasteiger partial charge on any atom is 0.273 e. The molecule has 10 heteroatoms. The predicted octanol–water partition coefficient (Wildman–Crippen LogP) is 3.38. The van der Waals surface area contributed by atoms with Gasteiger partial charge in [0, 0.05) is 61.2 Å². The van der Waals surface area contributed by atoms with Crippen molar-refractivity contribution in [3.8, 4) is 0 Å². The smallest absolute Gasteiger partial charge is 0.273 e. The monoisotopic (exact) mass is 514 g/mol. The Balaban J connectivity index is 1.32. The van der Waals surface area contributed by atoms with Gasteiger partial charge in [0.05, 0.1) is 18.9 Å². The molecular formula is C25H28Cl2N6O2. The number of carbonyl (C=O) groups is 1. The third-order valence-electron chi connectivity index (χ3n) is 6.30. The van der Waals surface area contributed by atoms with E-state index in [-0.39, 0.29) is 5.91 Å². The standard InChI is InChI=1S/C25H28Cl2N6O2/c1-31-23(25(34)29-19-3-5-20(6-4-19)32-10-12-35-13-11-32)15-22-24(30-31)28-8-9-33(22)16-17-14-18(26)2-7-21(17)27/h2-7,14-15,28,30H,8-13,16H2,1H3,(H,29,34). The number of nitrogens with one attached hydrogen (secondary N) is 3. The molecule has 0 radical (unpaired) electrons. The summed E-state index contributed by atoms with van der Waals surface area (Å²) < 4.78 is 5.42. The molecule has 184 valence electrons. The molecule has 1 fully saturated rings. The third-order valence-corrected chi connectivity index (χ3v) is 6.90. The summed E-state index contributed by atoms with van der Waals surface area (Å²) in [6.45, 7) is 5.33. The first-order chi connectivity index (χ1) is 17.0. The highest BCUT2D eigenvalue weighted by Crippen LogP contribution is 2.27. The van der Waals surface area contributed by atoms with Crippen molar-refractivity contribution in [1.82, 2.24) is 20.7 Å². The van der Waals surface area contributed by atoms with Crippen LogP contribution in [0.3, 0.4) is 0 Å². The summed E-state index contributed by atoms with van der Waals surface area (Å²) in [5, 5.41) is 9.42. The topological polar surface area (TPSA) is 72.1 Å². The number of halogens is 2. The molecule has 2 aromatic rings. The predicted molar refractivity (Wildman–Crippen MR) is 139 cm³/mol. The van der Waals surface area contributed by atoms with Crippen molar-refractivity contribution in [2.24, 2.45) is 0 Å². The molecule has 3 aliphatic rings. The van der Waals surface area contributed by atoms with E-state index in [1.165, 1.54) is 0 Å². The lowest BCUT2D eigenvalue weighted by atomic mass is 10.1. The van der Waals surface area contributed by atoms with Crippen LogP contribution in [-0.4, -0.2) is 62.3 Å². The fourth-order valence-electron chi connectivity index (χ4n) is 4.42. The van der Waals surface area contributed by atoms with Crippen molar-refractivity contribution in [2.75, 3.05) is 56.7 Å². The van der Waals surface area contributed by atoms with Gasteiger partial charge >= 0.3 is 0 Å². The number of benzene rings is 2. The number of hydrogen-bond donors (Lipinski definition) is 3. The molecule has 0 bridgehead atoms. The molecule has 2 aromatic carbocycles. The molecule has 5 rings (SSSR count). The van der Waals surface area contributed by atoms with Gasteiger partial charge in [-0.1, -0.05) is 23.2 Å². The second kappa shape index (κ2) is 10.3. The van der Waals surface area contributed by atoms with Gasteiger partial charge < -0.3 is 25.2 Å². The Morgan fingerprint density at radius 3 is 2.63 bits per heavy atom. The number of allylic oxidation sites excluding steroid dienone is 1. The maximum absolute atomic E-state index is 13.2. The highest BCUT2D eigenvalue weighted by Gasteiger charge is 2.28. The zero-order valence-corrected chi connectivity index (χ0v) is 21.0. The molecule has 0 aromatic heterocycles. The van der Waals surface area contributed by atoms with Gasteiger partial charge in [0.25, 0.3) is 5.91 Å². The molecule has 0 atom stereocenters. The number of hydrazine groups is 1. The fraction of sp³-hybridized carbons (Fsp3) is 0.320. The lowest BCUT2D eigenvalue weighted by molar-refractivity contribution is -0.114. The Morgan fingerprint density at radius 1 is 1.09 bits per heavy atom. The number of morpholine rings is 1. The van der Waals surface area contributed by atoms with Crippen LogP contribution in [0.2, 0.25) is 10.0 Å². The quantitative estimate of drug-likeness (QED) is 0.564. The minimum absolute atomic E-state index is 0.197. The van der Waals surface area contributed by atoms with Crippen LogP contribution in [0, 0.1) is 0 Å². The van der Waals surface area contributed by atoms with Gasteiger partial charge in [0.2, 0.25) is 0 Å². The Labute approximate surface area is 215 Å². The summed E-state index contributed by atoms with van der Waals surface area (Å²) >= 11 is 12.6. The second-order valence-electron chi connectivity index (χ2n) is 8.65. The number of hydrogen-bond acceptors (Lipinski definition) is 7. The van der Waals surface area contributed by atoms with E-state index in [1.54, 1.807) is 11.1 Å². The first kappa shape index (κ1) is 23.7. The summed E-state index contributed by atoms with van der Waals surface area (Å²) in [6.07, 6.45) is 1.90. The zero-order valence-electron chi connectivity index (χ0n) is 19.5. The highest BCUT2D eigenvalue weighted by atomic mass is 35.5. The molecule has 1 saturated heterocycles. The fourth-order valence-corrected chi connectivity index (χ4v) is 4.80. The number of anilines is 2. The van der Waals surface area contributed by atoms with Gasteiger partial charge in [-0.25, -0.2) is 0 Å². The zero-order chi connectivity index (χ0) is 24.4. The maximum atomic E-state index is 13.2. The summed E-state index contributed by atoms with van der Waals surface area (Å²) in [6, 6.07) is 13.4. The SMILES string of the molecule is CN1NC2=C(C=C1C(=O)Nc1ccc(N3CCOCC3)cc1)N(Cc1cc(Cl)ccc1Cl)CCN2. The van der Waals surface area contributed by atoms with Gasteiger partial charge in [-0.2, -0.15) is 0 Å². The number of carbonyl (C=O) groups excluding carboxylic acids is 1. The molecule has 0 aliphatic carbocycles. The lowest BCUT2D eigenvalue weighted by Crippen LogP contribution is -2.50. The van der Waals surface area contributed by atoms with Gasteiger partial charge in [-0.15, -0.1) is 0 Å². The van der Waals surface area contributed by atoms with Crippen LogP contribution >= 0.6 is 23.2 Å². The molecule has 3 N–H and O–H groups in total. The first-order valence-electron chi connectivity index (χ1n) is 11.6. The minimum atomic E-state index is -0.197. The number of ether oxygens (including phenoxy) is 1. The van der Waals surface area contributed by atoms with Crippen LogP contribution in [0.5, 0.6) is 0 Å². The number of rotatable bonds is 5. The van der Waals surface area contributed by atoms with E-state index in [2.05, 4.69) is 25.9 Å². The van der Waals surface area contributed by atoms with Gasteiger partial charge in [-0.05, 0) is 54.1 Å². The summed E-state index contributed by atoms with van der Waals surface area (Å²) in [5.74, 6) is 0.653. The molecule has 0 saturated carbocycles. The molecule has 35 heavy (non-hydrogen) atoms. The van der Waals surface area contributed by atoms with E-state index < -0.39 is 0 Å². The third kappa shape index (κ3) is 5.29. The van der Waals surface area contributed by atoms with E-state index in [0.29, 0.717) is 22.3 Å². The summed E-state index contributed by atoms with van der Waals surface area (Å²) in [5.41, 5.74) is 7.49. The van der Waals surface area contributed by atoms with Crippen molar-refractivity contribution in [3.63, 3.8) is 0 Å². The van der Waals surface area contributed by atoms with Crippen LogP contribution in [0.1, 0.15) is 5.56 Å². The Hall–Kier alpha value is -3.07. The van der Waals surface area contributed by atoms with E-state index in [0.717, 1.165) is 67.8 Å². The number of amides is 1. The van der Waals surface area contributed by atoms with Crippen molar-refractivity contribution in [1.29, 1.82) is 0 Å². The molecule has 0 spiro atoms. The second-order valence-corrected chi connectivity index (χ2v) is 9.49. The first-order valence-corrected chi connectivity index (χ1v) is 12.4. The van der Waals surface area contributed by atoms with Crippen molar-refractivity contribution in [3.05, 3.63) is 81.4 Å². The normalized spacial score (nSPS) is 17.9. The minimum Gasteiger partial charge on any atom is -0.378 e. The van der Waals surface area contributed by atoms with Gasteiger partial charge in [0.1, 0.15) is 11.5 Å². The van der Waals surface area contributed by atoms with Crippen LogP contribution in [-0.2, 0) is 16.1 Å². The largest absolute Gasteiger partial charge is 0.378 e. The Morgan fingerprint density at radius 2 is 1.86 bits per heavy atom. The van der Waals surface area contributed by atoms with Crippen LogP contribution in [0.25, 0.3) is 0 Å². The Bertz CT molecular complexity index is 1160. The molecule has 0 unspecified atom stereocenters. The van der Waals surface area contributed by atoms with E-state index >= 15 is 0 Å². The van der Waals surface area contributed by atoms with Gasteiger partial charge in [-0.3, -0.25) is 15.2 Å². The van der Waals surface area contributed by atoms with Crippen molar-refractivity contribution in [2.45, 2.75) is 6.54 Å². The molecule has 8 nitrogen and oxygen atoms in total. The number of nitrogens with zero attached hydrogens (tertiary/aromatic N) is 3. The lowest BCUT2D eigenvalue weighted by Gasteiger charge is -2.39. The van der Waals surface area contributed by atoms with Crippen molar-refractivity contribution >= 4 is 40.5 Å². The average molecular weight is 515 g/mol. The number of likely N-dealkylation sites (N-methyl/N-ethyl adjacent to an activating group) is 1. The summed E-state index contributed by atoms with van der Waals surface area (Å²) in [4.78, 5) is 17.7. The Kier molecular flexibility index (Phi) is 6.95. The van der Waals surface area contributed by atoms with Gasteiger partial charge in [0.15, 0.2) is 0 Å². The highest BCUT2D eigenvalue weighted by molar-refractivity contribution is 6.33. The van der Waals surface area contributed by atoms with Crippen LogP contribution < -0.4 is 21.0 Å². The average Bonchev–Trinajstić information content (AvgIpc) is 2.87. The van der Waals surface area contributed by atoms with E-state index in [4.69, 9.17) is 27.9 Å². The van der Waals surface area contributed by atoms with E-state index in [1.807, 2.05) is 49.5 Å². The summed E-state index contributed by atoms with van der Waals surface area (Å²) in [7, 11) is 1.82. The van der Waals surface area contributed by atoms with Crippen molar-refractivity contribution < 1.29 is 9.53 Å². The molecule has 3 aliphatic heterocycles. The van der Waals surface area contributed by atoms with Crippen LogP contribution in [0.4, 0.5) is 11.4 Å².